The van der Waals surface area contributed by atoms with Crippen LogP contribution in [0.4, 0.5) is 18.9 Å². The van der Waals surface area contributed by atoms with Crippen LogP contribution in [0.15, 0.2) is 59.9 Å². The Morgan fingerprint density at radius 1 is 1.15 bits per heavy atom. The summed E-state index contributed by atoms with van der Waals surface area (Å²) in [5.41, 5.74) is -1.98. The molecule has 0 fully saturated rings. The number of pyridine rings is 2. The van der Waals surface area contributed by atoms with Gasteiger partial charge in [0.1, 0.15) is 5.69 Å². The number of nitrogens with zero attached hydrogens (tertiary/aromatic N) is 2. The normalized spacial score (nSPS) is 12.1. The first-order valence-electron chi connectivity index (χ1n) is 9.17. The first-order valence-corrected chi connectivity index (χ1v) is 11.4. The van der Waals surface area contributed by atoms with E-state index >= 15 is 0 Å². The number of alkyl halides is 3. The van der Waals surface area contributed by atoms with Gasteiger partial charge in [-0.1, -0.05) is 23.2 Å². The lowest BCUT2D eigenvalue weighted by atomic mass is 10.0. The molecule has 1 aromatic carbocycles. The number of hydrogen-bond donors (Lipinski definition) is 2. The Kier molecular flexibility index (Phi) is 5.92. The quantitative estimate of drug-likeness (QED) is 0.223. The van der Waals surface area contributed by atoms with Gasteiger partial charge in [-0.3, -0.25) is 9.52 Å². The van der Waals surface area contributed by atoms with Crippen molar-refractivity contribution in [3.8, 4) is 0 Å². The van der Waals surface area contributed by atoms with Gasteiger partial charge in [-0.15, -0.1) is 0 Å². The molecule has 14 heteroatoms. The molecule has 0 bridgehead atoms. The molecule has 0 saturated heterocycles. The van der Waals surface area contributed by atoms with Crippen LogP contribution < -0.4 is 9.45 Å². The number of sulfonamides is 1. The van der Waals surface area contributed by atoms with Gasteiger partial charge in [0.05, 0.1) is 44.0 Å². The topological polar surface area (TPSA) is 119 Å². The number of halogens is 5. The second kappa shape index (κ2) is 8.46. The summed E-state index contributed by atoms with van der Waals surface area (Å²) in [5.74, 6) is -0.758. The van der Waals surface area contributed by atoms with E-state index in [1.54, 1.807) is 0 Å². The molecule has 0 atom stereocenters. The second-order valence-corrected chi connectivity index (χ2v) is 9.44. The Morgan fingerprint density at radius 2 is 1.88 bits per heavy atom. The molecular weight excluding hydrogens is 520 g/mol. The van der Waals surface area contributed by atoms with E-state index < -0.39 is 37.5 Å². The Balaban J connectivity index is 1.78. The summed E-state index contributed by atoms with van der Waals surface area (Å²) in [6.07, 6.45) is -1.28. The first-order chi connectivity index (χ1) is 15.9. The number of H-pyrrole nitrogens is 1. The van der Waals surface area contributed by atoms with Crippen LogP contribution in [0, 0.1) is 5.21 Å². The van der Waals surface area contributed by atoms with E-state index in [0.717, 1.165) is 30.6 Å². The van der Waals surface area contributed by atoms with Crippen LogP contribution in [-0.2, 0) is 16.2 Å². The molecule has 4 rings (SSSR count). The van der Waals surface area contributed by atoms with Crippen LogP contribution in [0.1, 0.15) is 21.6 Å². The van der Waals surface area contributed by atoms with E-state index in [2.05, 4.69) is 14.7 Å². The number of carbonyl (C=O) groups is 1. The highest BCUT2D eigenvalue weighted by Gasteiger charge is 2.35. The van der Waals surface area contributed by atoms with Gasteiger partial charge >= 0.3 is 6.18 Å². The number of ketones is 1. The Labute approximate surface area is 199 Å². The number of benzene rings is 1. The highest BCUT2D eigenvalue weighted by molar-refractivity contribution is 7.92. The first kappa shape index (κ1) is 23.8. The summed E-state index contributed by atoms with van der Waals surface area (Å²) < 4.78 is 67.9. The Hall–Kier alpha value is -3.35. The molecule has 8 nitrogen and oxygen atoms in total. The van der Waals surface area contributed by atoms with Crippen LogP contribution >= 0.6 is 23.2 Å². The van der Waals surface area contributed by atoms with Crippen molar-refractivity contribution in [3.63, 3.8) is 0 Å². The lowest BCUT2D eigenvalue weighted by Gasteiger charge is -2.14. The molecule has 0 aliphatic rings. The molecule has 4 aromatic rings. The van der Waals surface area contributed by atoms with Crippen LogP contribution in [0.5, 0.6) is 0 Å². The highest BCUT2D eigenvalue weighted by Crippen LogP contribution is 2.36. The molecule has 2 N–H and O–H groups in total. The lowest BCUT2D eigenvalue weighted by molar-refractivity contribution is -0.579. The zero-order valence-electron chi connectivity index (χ0n) is 16.5. The minimum absolute atomic E-state index is 0.0319. The molecule has 0 unspecified atom stereocenters. The summed E-state index contributed by atoms with van der Waals surface area (Å²) in [7, 11) is -4.63. The van der Waals surface area contributed by atoms with E-state index in [0.29, 0.717) is 10.8 Å². The van der Waals surface area contributed by atoms with Crippen LogP contribution in [0.25, 0.3) is 11.0 Å². The van der Waals surface area contributed by atoms with Gasteiger partial charge in [0.2, 0.25) is 5.78 Å². The lowest BCUT2D eigenvalue weighted by Crippen LogP contribution is -2.27. The highest BCUT2D eigenvalue weighted by atomic mass is 35.5. The van der Waals surface area contributed by atoms with Crippen LogP contribution in [0.2, 0.25) is 10.0 Å². The summed E-state index contributed by atoms with van der Waals surface area (Å²) >= 11 is 11.5. The minimum Gasteiger partial charge on any atom is -0.711 e. The third-order valence-corrected chi connectivity index (χ3v) is 6.62. The summed E-state index contributed by atoms with van der Waals surface area (Å²) in [5, 5.41) is 11.4. The standard InChI is InChI=1S/C20H11Cl2F3N4O4S/c21-10-7-16(28-34(32,33)11-1-2-15(22)14(8-11)20(23,24)25)17(27-9-10)18(30)12-4-6-29(31)19-13(12)3-5-26-19/h1-9,26,28H. The number of anilines is 1. The van der Waals surface area contributed by atoms with Crippen molar-refractivity contribution in [3.05, 3.63) is 87.1 Å². The van der Waals surface area contributed by atoms with E-state index in [9.17, 15) is 31.6 Å². The maximum Gasteiger partial charge on any atom is 0.417 e. The molecule has 0 aliphatic carbocycles. The average molecular weight is 531 g/mol. The summed E-state index contributed by atoms with van der Waals surface area (Å²) in [6, 6.07) is 5.85. The fourth-order valence-corrected chi connectivity index (χ4v) is 4.65. The van der Waals surface area contributed by atoms with Crippen molar-refractivity contribution in [2.24, 2.45) is 0 Å². The zero-order chi connectivity index (χ0) is 24.8. The van der Waals surface area contributed by atoms with E-state index in [1.807, 2.05) is 0 Å². The van der Waals surface area contributed by atoms with E-state index in [1.165, 1.54) is 18.3 Å². The van der Waals surface area contributed by atoms with Crippen LogP contribution in [0.3, 0.4) is 0 Å². The SMILES string of the molecule is O=C(c1ncc(Cl)cc1NS(=O)(=O)c1ccc(Cl)c(C(F)(F)F)c1)c1cc[n+]([O-])c2[nH]ccc12. The number of aromatic amines is 1. The molecule has 3 heterocycles. The van der Waals surface area contributed by atoms with Gasteiger partial charge in [-0.25, -0.2) is 23.1 Å². The molecule has 0 amide bonds. The zero-order valence-corrected chi connectivity index (χ0v) is 18.8. The minimum atomic E-state index is -4.89. The van der Waals surface area contributed by atoms with Gasteiger partial charge in [0.25, 0.3) is 15.7 Å². The number of fused-ring (bicyclic) bond motifs is 1. The summed E-state index contributed by atoms with van der Waals surface area (Å²) in [4.78, 5) is 19.1. The summed E-state index contributed by atoms with van der Waals surface area (Å²) in [6.45, 7) is 0. The van der Waals surface area contributed by atoms with Crippen molar-refractivity contribution in [1.82, 2.24) is 9.97 Å². The molecule has 34 heavy (non-hydrogen) atoms. The maximum absolute atomic E-state index is 13.2. The molecule has 0 spiro atoms. The predicted octanol–water partition coefficient (Wildman–Crippen LogP) is 4.55. The largest absolute Gasteiger partial charge is 0.711 e. The Morgan fingerprint density at radius 3 is 2.59 bits per heavy atom. The predicted molar refractivity (Wildman–Crippen MR) is 117 cm³/mol. The maximum atomic E-state index is 13.2. The van der Waals surface area contributed by atoms with Gasteiger partial charge in [-0.2, -0.15) is 13.2 Å². The van der Waals surface area contributed by atoms with Gasteiger partial charge < -0.3 is 5.21 Å². The Bertz CT molecular complexity index is 1560. The molecule has 0 radical (unpaired) electrons. The molecule has 0 aliphatic heterocycles. The smallest absolute Gasteiger partial charge is 0.417 e. The van der Waals surface area contributed by atoms with Crippen molar-refractivity contribution in [2.75, 3.05) is 4.72 Å². The number of rotatable bonds is 5. The molecular formula is C20H11Cl2F3N4O4S. The van der Waals surface area contributed by atoms with E-state index in [-0.39, 0.29) is 33.0 Å². The fraction of sp³-hybridized carbons (Fsp3) is 0.0500. The average Bonchev–Trinajstić information content (AvgIpc) is 3.23. The number of nitrogens with one attached hydrogen (secondary N) is 2. The van der Waals surface area contributed by atoms with Crippen molar-refractivity contribution in [1.29, 1.82) is 0 Å². The second-order valence-electron chi connectivity index (χ2n) is 6.92. The monoisotopic (exact) mass is 530 g/mol. The number of hydrogen-bond acceptors (Lipinski definition) is 5. The van der Waals surface area contributed by atoms with Crippen molar-refractivity contribution in [2.45, 2.75) is 11.1 Å². The fourth-order valence-electron chi connectivity index (χ4n) is 3.18. The third kappa shape index (κ3) is 4.39. The molecule has 3 aromatic heterocycles. The van der Waals surface area contributed by atoms with Gasteiger partial charge in [-0.05, 0) is 36.4 Å². The van der Waals surface area contributed by atoms with Gasteiger partial charge in [0.15, 0.2) is 0 Å². The van der Waals surface area contributed by atoms with Crippen molar-refractivity contribution >= 4 is 55.7 Å². The van der Waals surface area contributed by atoms with Crippen LogP contribution in [-0.4, -0.2) is 24.2 Å². The molecule has 0 saturated carbocycles. The number of aromatic nitrogens is 3. The number of carbonyl (C=O) groups excluding carboxylic acids is 1. The third-order valence-electron chi connectivity index (χ3n) is 4.72. The van der Waals surface area contributed by atoms with E-state index in [4.69, 9.17) is 23.2 Å². The van der Waals surface area contributed by atoms with Crippen molar-refractivity contribution < 1.29 is 31.1 Å². The molecule has 176 valence electrons. The van der Waals surface area contributed by atoms with Gasteiger partial charge in [0, 0.05) is 11.8 Å².